The Bertz CT molecular complexity index is 599. The number of benzene rings is 1. The molecule has 1 spiro atoms. The average Bonchev–Trinajstić information content (AvgIpc) is 2.55. The van der Waals surface area contributed by atoms with E-state index in [1.54, 1.807) is 11.8 Å². The van der Waals surface area contributed by atoms with Crippen LogP contribution in [0.3, 0.4) is 0 Å². The lowest BCUT2D eigenvalue weighted by molar-refractivity contribution is -0.186. The van der Waals surface area contributed by atoms with Crippen molar-refractivity contribution in [2.24, 2.45) is 0 Å². The molecule has 132 valence electrons. The minimum absolute atomic E-state index is 0.0321. The highest BCUT2D eigenvalue weighted by Gasteiger charge is 2.44. The van der Waals surface area contributed by atoms with Gasteiger partial charge in [-0.1, -0.05) is 0 Å². The number of amides is 1. The number of likely N-dealkylation sites (N-methyl/N-ethyl adjacent to an activating group) is 1. The monoisotopic (exact) mass is 338 g/mol. The molecule has 1 atom stereocenters. The molecule has 0 radical (unpaired) electrons. The normalized spacial score (nSPS) is 24.6. The van der Waals surface area contributed by atoms with Gasteiger partial charge in [0.15, 0.2) is 0 Å². The Balaban J connectivity index is 1.54. The zero-order valence-electron chi connectivity index (χ0n) is 14.2. The number of nitrogens with zero attached hydrogens (tertiary/aromatic N) is 2. The zero-order valence-corrected chi connectivity index (χ0v) is 14.2. The van der Waals surface area contributed by atoms with Crippen LogP contribution < -0.4 is 0 Å². The highest BCUT2D eigenvalue weighted by atomic mass is 19.1. The van der Waals surface area contributed by atoms with Crippen LogP contribution in [-0.4, -0.2) is 60.6 Å². The van der Waals surface area contributed by atoms with Crippen LogP contribution in [0.5, 0.6) is 0 Å². The maximum absolute atomic E-state index is 13.7. The summed E-state index contributed by atoms with van der Waals surface area (Å²) in [4.78, 5) is 15.9. The van der Waals surface area contributed by atoms with Crippen molar-refractivity contribution in [3.8, 4) is 0 Å². The van der Waals surface area contributed by atoms with Crippen molar-refractivity contribution in [2.75, 3.05) is 33.2 Å². The molecule has 24 heavy (non-hydrogen) atoms. The molecule has 2 fully saturated rings. The Morgan fingerprint density at radius 3 is 2.67 bits per heavy atom. The molecule has 4 nitrogen and oxygen atoms in total. The van der Waals surface area contributed by atoms with Crippen LogP contribution in [0, 0.1) is 11.6 Å². The maximum Gasteiger partial charge on any atom is 0.251 e. The van der Waals surface area contributed by atoms with E-state index in [2.05, 4.69) is 4.90 Å². The summed E-state index contributed by atoms with van der Waals surface area (Å²) >= 11 is 0. The van der Waals surface area contributed by atoms with Gasteiger partial charge in [-0.05, 0) is 49.9 Å². The van der Waals surface area contributed by atoms with Gasteiger partial charge in [0.25, 0.3) is 5.91 Å². The van der Waals surface area contributed by atoms with E-state index in [0.717, 1.165) is 32.0 Å². The Kier molecular flexibility index (Phi) is 4.88. The van der Waals surface area contributed by atoms with Gasteiger partial charge in [-0.3, -0.25) is 4.79 Å². The molecule has 1 unspecified atom stereocenters. The quantitative estimate of drug-likeness (QED) is 0.847. The minimum atomic E-state index is -0.402. The molecule has 6 heteroatoms. The number of halogens is 2. The number of ether oxygens (including phenoxy) is 1. The lowest BCUT2D eigenvalue weighted by atomic mass is 9.88. The molecule has 1 aromatic carbocycles. The topological polar surface area (TPSA) is 32.8 Å². The van der Waals surface area contributed by atoms with Crippen LogP contribution in [0.1, 0.15) is 25.3 Å². The summed E-state index contributed by atoms with van der Waals surface area (Å²) in [7, 11) is 1.82. The van der Waals surface area contributed by atoms with Gasteiger partial charge in [-0.2, -0.15) is 0 Å². The second kappa shape index (κ2) is 6.76. The lowest BCUT2D eigenvalue weighted by Gasteiger charge is -2.48. The van der Waals surface area contributed by atoms with Crippen molar-refractivity contribution >= 4 is 5.91 Å². The summed E-state index contributed by atoms with van der Waals surface area (Å²) in [6, 6.07) is 3.59. The molecule has 2 aliphatic heterocycles. The van der Waals surface area contributed by atoms with Crippen molar-refractivity contribution in [1.82, 2.24) is 9.80 Å². The maximum atomic E-state index is 13.7. The second-order valence-electron chi connectivity index (χ2n) is 6.96. The second-order valence-corrected chi connectivity index (χ2v) is 6.96. The summed E-state index contributed by atoms with van der Waals surface area (Å²) < 4.78 is 32.9. The third kappa shape index (κ3) is 3.59. The standard InChI is InChI=1S/C18H24F2N2O2/c1-13-17(23)21(2)12-18(24-13)6-9-22(10-7-18)8-5-14-11-15(19)3-4-16(14)20/h3-4,11,13H,5-10,12H2,1-2H3. The first kappa shape index (κ1) is 17.3. The van der Waals surface area contributed by atoms with Gasteiger partial charge in [-0.15, -0.1) is 0 Å². The highest BCUT2D eigenvalue weighted by Crippen LogP contribution is 2.32. The van der Waals surface area contributed by atoms with Crippen LogP contribution in [-0.2, 0) is 16.0 Å². The van der Waals surface area contributed by atoms with E-state index in [1.807, 2.05) is 7.05 Å². The molecule has 1 aromatic rings. The van der Waals surface area contributed by atoms with E-state index in [1.165, 1.54) is 12.1 Å². The first-order chi connectivity index (χ1) is 11.4. The predicted octanol–water partition coefficient (Wildman–Crippen LogP) is 2.22. The Hall–Kier alpha value is -1.53. The van der Waals surface area contributed by atoms with Crippen molar-refractivity contribution < 1.29 is 18.3 Å². The van der Waals surface area contributed by atoms with Crippen LogP contribution in [0.2, 0.25) is 0 Å². The third-order valence-corrected chi connectivity index (χ3v) is 5.15. The van der Waals surface area contributed by atoms with Crippen molar-refractivity contribution in [3.63, 3.8) is 0 Å². The molecule has 0 N–H and O–H groups in total. The SMILES string of the molecule is CC1OC2(CCN(CCc3cc(F)ccc3F)CC2)CN(C)C1=O. The fraction of sp³-hybridized carbons (Fsp3) is 0.611. The Morgan fingerprint density at radius 2 is 2.00 bits per heavy atom. The fourth-order valence-electron chi connectivity index (χ4n) is 3.76. The van der Waals surface area contributed by atoms with Gasteiger partial charge in [0.05, 0.1) is 5.60 Å². The van der Waals surface area contributed by atoms with E-state index < -0.39 is 11.9 Å². The largest absolute Gasteiger partial charge is 0.360 e. The number of rotatable bonds is 3. The molecule has 2 saturated heterocycles. The third-order valence-electron chi connectivity index (χ3n) is 5.15. The van der Waals surface area contributed by atoms with E-state index in [-0.39, 0.29) is 17.3 Å². The molecule has 0 saturated carbocycles. The van der Waals surface area contributed by atoms with Crippen molar-refractivity contribution in [2.45, 2.75) is 37.9 Å². The van der Waals surface area contributed by atoms with Gasteiger partial charge in [0, 0.05) is 33.2 Å². The Labute approximate surface area is 141 Å². The first-order valence-corrected chi connectivity index (χ1v) is 8.48. The van der Waals surface area contributed by atoms with E-state index in [0.29, 0.717) is 25.1 Å². The number of hydrogen-bond acceptors (Lipinski definition) is 3. The number of carbonyl (C=O) groups is 1. The predicted molar refractivity (Wildman–Crippen MR) is 86.7 cm³/mol. The first-order valence-electron chi connectivity index (χ1n) is 8.48. The lowest BCUT2D eigenvalue weighted by Crippen LogP contribution is -2.60. The van der Waals surface area contributed by atoms with E-state index in [9.17, 15) is 13.6 Å². The van der Waals surface area contributed by atoms with Gasteiger partial charge in [0.1, 0.15) is 17.7 Å². The van der Waals surface area contributed by atoms with Gasteiger partial charge >= 0.3 is 0 Å². The molecule has 0 bridgehead atoms. The van der Waals surface area contributed by atoms with E-state index >= 15 is 0 Å². The summed E-state index contributed by atoms with van der Waals surface area (Å²) in [6.45, 7) is 4.81. The van der Waals surface area contributed by atoms with Gasteiger partial charge in [0.2, 0.25) is 0 Å². The van der Waals surface area contributed by atoms with Crippen LogP contribution >= 0.6 is 0 Å². The average molecular weight is 338 g/mol. The molecule has 0 aliphatic carbocycles. The molecular formula is C18H24F2N2O2. The molecule has 0 aromatic heterocycles. The molecule has 2 heterocycles. The smallest absolute Gasteiger partial charge is 0.251 e. The van der Waals surface area contributed by atoms with Crippen LogP contribution in [0.4, 0.5) is 8.78 Å². The fourth-order valence-corrected chi connectivity index (χ4v) is 3.76. The molecule has 2 aliphatic rings. The van der Waals surface area contributed by atoms with Gasteiger partial charge in [-0.25, -0.2) is 8.78 Å². The molecule has 1 amide bonds. The van der Waals surface area contributed by atoms with Crippen molar-refractivity contribution in [3.05, 3.63) is 35.4 Å². The zero-order chi connectivity index (χ0) is 17.3. The number of piperidine rings is 1. The van der Waals surface area contributed by atoms with Crippen LogP contribution in [0.15, 0.2) is 18.2 Å². The van der Waals surface area contributed by atoms with Crippen LogP contribution in [0.25, 0.3) is 0 Å². The Morgan fingerprint density at radius 1 is 1.29 bits per heavy atom. The number of hydrogen-bond donors (Lipinski definition) is 0. The molecular weight excluding hydrogens is 314 g/mol. The number of carbonyl (C=O) groups excluding carboxylic acids is 1. The molecule has 3 rings (SSSR count). The highest BCUT2D eigenvalue weighted by molar-refractivity contribution is 5.81. The van der Waals surface area contributed by atoms with Gasteiger partial charge < -0.3 is 14.5 Å². The summed E-state index contributed by atoms with van der Waals surface area (Å²) in [5.41, 5.74) is 0.158. The number of morpholine rings is 1. The summed E-state index contributed by atoms with van der Waals surface area (Å²) in [6.07, 6.45) is 1.80. The number of likely N-dealkylation sites (tertiary alicyclic amines) is 1. The summed E-state index contributed by atoms with van der Waals surface area (Å²) in [5.74, 6) is -0.722. The van der Waals surface area contributed by atoms with E-state index in [4.69, 9.17) is 4.74 Å². The minimum Gasteiger partial charge on any atom is -0.360 e. The van der Waals surface area contributed by atoms with Crippen molar-refractivity contribution in [1.29, 1.82) is 0 Å². The summed E-state index contributed by atoms with van der Waals surface area (Å²) in [5, 5.41) is 0.